The van der Waals surface area contributed by atoms with Gasteiger partial charge in [0.05, 0.1) is 0 Å². The Morgan fingerprint density at radius 2 is 2.05 bits per heavy atom. The van der Waals surface area contributed by atoms with Crippen molar-refractivity contribution in [3.8, 4) is 0 Å². The molecule has 0 atom stereocenters. The van der Waals surface area contributed by atoms with E-state index < -0.39 is 0 Å². The topological polar surface area (TPSA) is 55.1 Å². The number of hydrogen-bond donors (Lipinski definition) is 2. The minimum absolute atomic E-state index is 0.143. The van der Waals surface area contributed by atoms with Crippen LogP contribution in [0.1, 0.15) is 21.5 Å². The van der Waals surface area contributed by atoms with Gasteiger partial charge in [-0.2, -0.15) is 0 Å². The van der Waals surface area contributed by atoms with E-state index in [0.717, 1.165) is 11.1 Å². The third kappa shape index (κ3) is 3.73. The lowest BCUT2D eigenvalue weighted by Crippen LogP contribution is -2.23. The smallest absolute Gasteiger partial charge is 0.251 e. The van der Waals surface area contributed by atoms with Gasteiger partial charge in [0.15, 0.2) is 0 Å². The number of carbonyl (C=O) groups excluding carboxylic acids is 1. The van der Waals surface area contributed by atoms with Gasteiger partial charge in [0.2, 0.25) is 0 Å². The molecule has 3 nitrogen and oxygen atoms in total. The summed E-state index contributed by atoms with van der Waals surface area (Å²) >= 11 is 5.89. The largest absolute Gasteiger partial charge is 0.399 e. The van der Waals surface area contributed by atoms with Crippen molar-refractivity contribution in [2.45, 2.75) is 13.5 Å². The maximum atomic E-state index is 12.0. The van der Waals surface area contributed by atoms with Crippen molar-refractivity contribution in [3.05, 3.63) is 64.2 Å². The van der Waals surface area contributed by atoms with Crippen molar-refractivity contribution >= 4 is 23.2 Å². The molecule has 0 aromatic heterocycles. The van der Waals surface area contributed by atoms with Crippen LogP contribution in [-0.4, -0.2) is 5.91 Å². The third-order valence-corrected chi connectivity index (χ3v) is 2.94. The quantitative estimate of drug-likeness (QED) is 0.845. The van der Waals surface area contributed by atoms with Crippen LogP contribution in [0.3, 0.4) is 0 Å². The summed E-state index contributed by atoms with van der Waals surface area (Å²) in [4.78, 5) is 12.0. The molecule has 0 saturated carbocycles. The number of nitrogens with one attached hydrogen (secondary N) is 1. The lowest BCUT2D eigenvalue weighted by Gasteiger charge is -2.07. The van der Waals surface area contributed by atoms with Crippen molar-refractivity contribution in [3.63, 3.8) is 0 Å². The molecule has 0 aliphatic carbocycles. The summed E-state index contributed by atoms with van der Waals surface area (Å²) < 4.78 is 0. The molecule has 0 aliphatic rings. The zero-order chi connectivity index (χ0) is 13.8. The lowest BCUT2D eigenvalue weighted by molar-refractivity contribution is 0.0951. The number of nitrogen functional groups attached to an aromatic ring is 1. The van der Waals surface area contributed by atoms with E-state index in [2.05, 4.69) is 5.32 Å². The molecule has 0 spiro atoms. The van der Waals surface area contributed by atoms with E-state index >= 15 is 0 Å². The Labute approximate surface area is 117 Å². The van der Waals surface area contributed by atoms with Crippen LogP contribution in [0.25, 0.3) is 0 Å². The molecule has 0 fully saturated rings. The number of hydrogen-bond acceptors (Lipinski definition) is 2. The molecule has 0 saturated heterocycles. The van der Waals surface area contributed by atoms with E-state index in [9.17, 15) is 4.79 Å². The predicted molar refractivity (Wildman–Crippen MR) is 78.2 cm³/mol. The first kappa shape index (κ1) is 13.4. The molecule has 2 rings (SSSR count). The number of amides is 1. The first-order chi connectivity index (χ1) is 9.04. The molecule has 0 unspecified atom stereocenters. The van der Waals surface area contributed by atoms with Gasteiger partial charge in [0.1, 0.15) is 0 Å². The SMILES string of the molecule is Cc1cc(N)cc(C(=O)NCc2cccc(Cl)c2)c1. The van der Waals surface area contributed by atoms with Crippen LogP contribution in [-0.2, 0) is 6.54 Å². The van der Waals surface area contributed by atoms with Crippen molar-refractivity contribution in [2.24, 2.45) is 0 Å². The Morgan fingerprint density at radius 1 is 1.26 bits per heavy atom. The molecule has 3 N–H and O–H groups in total. The van der Waals surface area contributed by atoms with Gasteiger partial charge in [0.25, 0.3) is 5.91 Å². The van der Waals surface area contributed by atoms with Crippen LogP contribution in [0.5, 0.6) is 0 Å². The molecule has 98 valence electrons. The predicted octanol–water partition coefficient (Wildman–Crippen LogP) is 3.16. The molecular weight excluding hydrogens is 260 g/mol. The number of rotatable bonds is 3. The number of halogens is 1. The van der Waals surface area contributed by atoms with Crippen LogP contribution in [0.2, 0.25) is 5.02 Å². The van der Waals surface area contributed by atoms with Crippen molar-refractivity contribution in [1.29, 1.82) is 0 Å². The Hall–Kier alpha value is -2.00. The van der Waals surface area contributed by atoms with E-state index in [1.807, 2.05) is 37.3 Å². The van der Waals surface area contributed by atoms with Gasteiger partial charge in [-0.25, -0.2) is 0 Å². The first-order valence-corrected chi connectivity index (χ1v) is 6.32. The second kappa shape index (κ2) is 5.76. The van der Waals surface area contributed by atoms with E-state index in [0.29, 0.717) is 22.8 Å². The van der Waals surface area contributed by atoms with E-state index in [4.69, 9.17) is 17.3 Å². The molecule has 19 heavy (non-hydrogen) atoms. The highest BCUT2D eigenvalue weighted by atomic mass is 35.5. The van der Waals surface area contributed by atoms with Gasteiger partial charge < -0.3 is 11.1 Å². The normalized spacial score (nSPS) is 10.2. The monoisotopic (exact) mass is 274 g/mol. The lowest BCUT2D eigenvalue weighted by atomic mass is 10.1. The number of anilines is 1. The first-order valence-electron chi connectivity index (χ1n) is 5.94. The summed E-state index contributed by atoms with van der Waals surface area (Å²) in [7, 11) is 0. The fourth-order valence-corrected chi connectivity index (χ4v) is 2.09. The number of carbonyl (C=O) groups is 1. The molecule has 4 heteroatoms. The van der Waals surface area contributed by atoms with E-state index in [1.54, 1.807) is 12.1 Å². The maximum absolute atomic E-state index is 12.0. The average Bonchev–Trinajstić information content (AvgIpc) is 2.35. The highest BCUT2D eigenvalue weighted by Gasteiger charge is 2.06. The Morgan fingerprint density at radius 3 is 2.74 bits per heavy atom. The zero-order valence-corrected chi connectivity index (χ0v) is 11.4. The van der Waals surface area contributed by atoms with Gasteiger partial charge in [-0.15, -0.1) is 0 Å². The van der Waals surface area contributed by atoms with Crippen LogP contribution in [0.4, 0.5) is 5.69 Å². The summed E-state index contributed by atoms with van der Waals surface area (Å²) in [6, 6.07) is 12.7. The van der Waals surface area contributed by atoms with E-state index in [-0.39, 0.29) is 5.91 Å². The van der Waals surface area contributed by atoms with Crippen molar-refractivity contribution < 1.29 is 4.79 Å². The molecule has 0 radical (unpaired) electrons. The summed E-state index contributed by atoms with van der Waals surface area (Å²) in [5.41, 5.74) is 8.81. The van der Waals surface area contributed by atoms with Gasteiger partial charge in [0, 0.05) is 22.8 Å². The summed E-state index contributed by atoms with van der Waals surface area (Å²) in [5.74, 6) is -0.143. The highest BCUT2D eigenvalue weighted by molar-refractivity contribution is 6.30. The molecule has 0 aliphatic heterocycles. The second-order valence-corrected chi connectivity index (χ2v) is 4.88. The molecule has 0 bridgehead atoms. The van der Waals surface area contributed by atoms with Crippen LogP contribution >= 0.6 is 11.6 Å². The number of nitrogens with two attached hydrogens (primary N) is 1. The zero-order valence-electron chi connectivity index (χ0n) is 10.6. The fourth-order valence-electron chi connectivity index (χ4n) is 1.88. The molecule has 2 aromatic carbocycles. The highest BCUT2D eigenvalue weighted by Crippen LogP contribution is 2.13. The van der Waals surface area contributed by atoms with E-state index in [1.165, 1.54) is 0 Å². The Kier molecular flexibility index (Phi) is 4.07. The Balaban J connectivity index is 2.05. The number of benzene rings is 2. The van der Waals surface area contributed by atoms with Gasteiger partial charge in [-0.05, 0) is 48.4 Å². The van der Waals surface area contributed by atoms with Crippen molar-refractivity contribution in [2.75, 3.05) is 5.73 Å². The van der Waals surface area contributed by atoms with Crippen LogP contribution < -0.4 is 11.1 Å². The van der Waals surface area contributed by atoms with Gasteiger partial charge in [-0.1, -0.05) is 23.7 Å². The molecule has 1 amide bonds. The van der Waals surface area contributed by atoms with Gasteiger partial charge >= 0.3 is 0 Å². The average molecular weight is 275 g/mol. The minimum Gasteiger partial charge on any atom is -0.399 e. The standard InChI is InChI=1S/C15H15ClN2O/c1-10-5-12(8-14(17)6-10)15(19)18-9-11-3-2-4-13(16)7-11/h2-8H,9,17H2,1H3,(H,18,19). The van der Waals surface area contributed by atoms with Gasteiger partial charge in [-0.3, -0.25) is 4.79 Å². The molecule has 0 heterocycles. The summed E-state index contributed by atoms with van der Waals surface area (Å²) in [6.45, 7) is 2.34. The Bertz CT molecular complexity index is 591. The minimum atomic E-state index is -0.143. The maximum Gasteiger partial charge on any atom is 0.251 e. The van der Waals surface area contributed by atoms with Crippen molar-refractivity contribution in [1.82, 2.24) is 5.32 Å². The third-order valence-electron chi connectivity index (χ3n) is 2.70. The second-order valence-electron chi connectivity index (χ2n) is 4.44. The summed E-state index contributed by atoms with van der Waals surface area (Å²) in [5, 5.41) is 3.50. The fraction of sp³-hybridized carbons (Fsp3) is 0.133. The molecule has 2 aromatic rings. The van der Waals surface area contributed by atoms with Crippen LogP contribution in [0.15, 0.2) is 42.5 Å². The number of aryl methyl sites for hydroxylation is 1. The van der Waals surface area contributed by atoms with Crippen LogP contribution in [0, 0.1) is 6.92 Å². The molecular formula is C15H15ClN2O. The summed E-state index contributed by atoms with van der Waals surface area (Å²) in [6.07, 6.45) is 0.